The number of amides is 1. The molecule has 0 radical (unpaired) electrons. The summed E-state index contributed by atoms with van der Waals surface area (Å²) in [6, 6.07) is 15.6. The average molecular weight is 424 g/mol. The minimum atomic E-state index is -0.138. The van der Waals surface area contributed by atoms with Gasteiger partial charge >= 0.3 is 0 Å². The maximum Gasteiger partial charge on any atom is 0.257 e. The van der Waals surface area contributed by atoms with E-state index in [0.717, 1.165) is 41.4 Å². The summed E-state index contributed by atoms with van der Waals surface area (Å²) in [6.45, 7) is 5.79. The van der Waals surface area contributed by atoms with Crippen LogP contribution in [-0.2, 0) is 9.53 Å². The summed E-state index contributed by atoms with van der Waals surface area (Å²) < 4.78 is 16.2. The maximum atomic E-state index is 13.2. The van der Waals surface area contributed by atoms with Crippen LogP contribution in [0.15, 0.2) is 53.6 Å². The largest absolute Gasteiger partial charge is 0.497 e. The molecule has 2 aromatic rings. The van der Waals surface area contributed by atoms with Gasteiger partial charge in [0.1, 0.15) is 11.5 Å². The van der Waals surface area contributed by atoms with Crippen LogP contribution in [0.3, 0.4) is 0 Å². The number of nitrogens with zero attached hydrogens (tertiary/aromatic N) is 3. The van der Waals surface area contributed by atoms with Gasteiger partial charge < -0.3 is 14.2 Å². The lowest BCUT2D eigenvalue weighted by molar-refractivity contribution is -0.135. The Labute approximate surface area is 183 Å². The monoisotopic (exact) mass is 423 g/mol. The van der Waals surface area contributed by atoms with E-state index in [4.69, 9.17) is 19.3 Å². The highest BCUT2D eigenvalue weighted by Gasteiger charge is 2.34. The number of hydrogen-bond acceptors (Lipinski definition) is 6. The summed E-state index contributed by atoms with van der Waals surface area (Å²) in [5.41, 5.74) is 2.95. The molecular formula is C24H29N3O4. The van der Waals surface area contributed by atoms with Crippen molar-refractivity contribution in [2.45, 2.75) is 19.4 Å². The quantitative estimate of drug-likeness (QED) is 0.685. The number of hydrogen-bond donors (Lipinski definition) is 0. The molecule has 0 saturated carbocycles. The van der Waals surface area contributed by atoms with Gasteiger partial charge in [-0.15, -0.1) is 0 Å². The molecule has 7 heteroatoms. The molecular weight excluding hydrogens is 394 g/mol. The molecule has 0 N–H and O–H groups in total. The van der Waals surface area contributed by atoms with Crippen molar-refractivity contribution in [2.24, 2.45) is 5.10 Å². The van der Waals surface area contributed by atoms with Gasteiger partial charge in [0.25, 0.3) is 5.91 Å². The van der Waals surface area contributed by atoms with Gasteiger partial charge in [-0.05, 0) is 54.4 Å². The van der Waals surface area contributed by atoms with Crippen LogP contribution in [0.4, 0.5) is 0 Å². The Hall–Kier alpha value is -2.90. The highest BCUT2D eigenvalue weighted by Crippen LogP contribution is 2.34. The number of benzene rings is 2. The Morgan fingerprint density at radius 3 is 2.39 bits per heavy atom. The molecule has 1 amide bonds. The van der Waals surface area contributed by atoms with Crippen LogP contribution in [0, 0.1) is 0 Å². The number of carbonyl (C=O) groups excluding carboxylic acids is 1. The molecule has 1 atom stereocenters. The second kappa shape index (κ2) is 9.94. The summed E-state index contributed by atoms with van der Waals surface area (Å²) in [7, 11) is 1.65. The van der Waals surface area contributed by atoms with E-state index in [1.807, 2.05) is 55.5 Å². The van der Waals surface area contributed by atoms with E-state index in [1.54, 1.807) is 12.1 Å². The summed E-state index contributed by atoms with van der Waals surface area (Å²) >= 11 is 0. The number of rotatable bonds is 7. The number of ether oxygens (including phenoxy) is 3. The second-order valence-corrected chi connectivity index (χ2v) is 7.62. The Bertz CT molecular complexity index is 905. The molecule has 1 fully saturated rings. The van der Waals surface area contributed by atoms with Gasteiger partial charge in [0.2, 0.25) is 0 Å². The summed E-state index contributed by atoms with van der Waals surface area (Å²) in [6.07, 6.45) is 0.662. The van der Waals surface area contributed by atoms with Crippen molar-refractivity contribution in [3.05, 3.63) is 59.7 Å². The molecule has 2 heterocycles. The third-order valence-corrected chi connectivity index (χ3v) is 5.63. The van der Waals surface area contributed by atoms with Gasteiger partial charge in [-0.1, -0.05) is 12.1 Å². The van der Waals surface area contributed by atoms with E-state index in [9.17, 15) is 4.79 Å². The predicted molar refractivity (Wildman–Crippen MR) is 119 cm³/mol. The van der Waals surface area contributed by atoms with E-state index in [1.165, 1.54) is 0 Å². The number of hydrazone groups is 1. The average Bonchev–Trinajstić information content (AvgIpc) is 3.26. The van der Waals surface area contributed by atoms with Crippen LogP contribution in [0.1, 0.15) is 30.5 Å². The summed E-state index contributed by atoms with van der Waals surface area (Å²) in [4.78, 5) is 15.4. The van der Waals surface area contributed by atoms with Gasteiger partial charge in [-0.25, -0.2) is 5.01 Å². The van der Waals surface area contributed by atoms with Crippen LogP contribution >= 0.6 is 0 Å². The Kier molecular flexibility index (Phi) is 6.84. The van der Waals surface area contributed by atoms with E-state index in [0.29, 0.717) is 32.8 Å². The predicted octanol–water partition coefficient (Wildman–Crippen LogP) is 3.10. The van der Waals surface area contributed by atoms with Gasteiger partial charge in [0, 0.05) is 19.5 Å². The van der Waals surface area contributed by atoms with E-state index in [2.05, 4.69) is 4.90 Å². The van der Waals surface area contributed by atoms with Crippen LogP contribution in [0.25, 0.3) is 0 Å². The molecule has 0 bridgehead atoms. The van der Waals surface area contributed by atoms with Gasteiger partial charge in [0.05, 0.1) is 45.2 Å². The topological polar surface area (TPSA) is 63.6 Å². The Balaban J connectivity index is 1.57. The van der Waals surface area contributed by atoms with Crippen LogP contribution < -0.4 is 9.47 Å². The highest BCUT2D eigenvalue weighted by atomic mass is 16.5. The molecule has 0 aromatic heterocycles. The molecule has 4 rings (SSSR count). The lowest BCUT2D eigenvalue weighted by atomic mass is 9.98. The number of morpholine rings is 1. The fourth-order valence-electron chi connectivity index (χ4n) is 3.93. The van der Waals surface area contributed by atoms with Gasteiger partial charge in [-0.2, -0.15) is 5.10 Å². The first-order chi connectivity index (χ1) is 15.2. The molecule has 1 saturated heterocycles. The third kappa shape index (κ3) is 5.06. The second-order valence-electron chi connectivity index (χ2n) is 7.62. The van der Waals surface area contributed by atoms with Crippen molar-refractivity contribution in [1.29, 1.82) is 0 Å². The Morgan fingerprint density at radius 2 is 1.74 bits per heavy atom. The summed E-state index contributed by atoms with van der Waals surface area (Å²) in [5, 5.41) is 6.42. The molecule has 164 valence electrons. The molecule has 0 unspecified atom stereocenters. The maximum absolute atomic E-state index is 13.2. The zero-order chi connectivity index (χ0) is 21.6. The number of methoxy groups -OCH3 is 1. The Morgan fingerprint density at radius 1 is 1.06 bits per heavy atom. The lowest BCUT2D eigenvalue weighted by Gasteiger charge is -2.29. The van der Waals surface area contributed by atoms with E-state index >= 15 is 0 Å². The first-order valence-electron chi connectivity index (χ1n) is 10.7. The lowest BCUT2D eigenvalue weighted by Crippen LogP contribution is -2.43. The van der Waals surface area contributed by atoms with Gasteiger partial charge in [-0.3, -0.25) is 9.69 Å². The van der Waals surface area contributed by atoms with Crippen LogP contribution in [-0.4, -0.2) is 68.1 Å². The first-order valence-corrected chi connectivity index (χ1v) is 10.7. The van der Waals surface area contributed by atoms with Crippen molar-refractivity contribution >= 4 is 11.6 Å². The van der Waals surface area contributed by atoms with Crippen molar-refractivity contribution < 1.29 is 19.0 Å². The summed E-state index contributed by atoms with van der Waals surface area (Å²) in [5.74, 6) is 1.63. The van der Waals surface area contributed by atoms with E-state index in [-0.39, 0.29) is 11.9 Å². The van der Waals surface area contributed by atoms with Crippen molar-refractivity contribution in [3.8, 4) is 11.5 Å². The minimum absolute atomic E-state index is 0.00398. The molecule has 2 aliphatic heterocycles. The zero-order valence-corrected chi connectivity index (χ0v) is 18.1. The van der Waals surface area contributed by atoms with Crippen molar-refractivity contribution in [2.75, 3.05) is 46.6 Å². The third-order valence-electron chi connectivity index (χ3n) is 5.63. The normalized spacial score (nSPS) is 19.2. The van der Waals surface area contributed by atoms with Crippen LogP contribution in [0.2, 0.25) is 0 Å². The molecule has 2 aliphatic rings. The fraction of sp³-hybridized carbons (Fsp3) is 0.417. The van der Waals surface area contributed by atoms with Crippen molar-refractivity contribution in [1.82, 2.24) is 9.91 Å². The standard InChI is InChI=1S/C24H29N3O4/c1-3-31-21-10-6-19(7-11-21)23-16-22(18-4-8-20(29-2)9-5-18)25-27(23)24(28)17-26-12-14-30-15-13-26/h4-11,23H,3,12-17H2,1-2H3/t23-/m0/s1. The molecule has 0 spiro atoms. The zero-order valence-electron chi connectivity index (χ0n) is 18.1. The molecule has 2 aromatic carbocycles. The molecule has 0 aliphatic carbocycles. The van der Waals surface area contributed by atoms with E-state index < -0.39 is 0 Å². The fourth-order valence-corrected chi connectivity index (χ4v) is 3.93. The number of carbonyl (C=O) groups is 1. The first kappa shape index (κ1) is 21.3. The smallest absolute Gasteiger partial charge is 0.257 e. The van der Waals surface area contributed by atoms with Gasteiger partial charge in [0.15, 0.2) is 0 Å². The highest BCUT2D eigenvalue weighted by molar-refractivity contribution is 6.03. The SMILES string of the molecule is CCOc1ccc([C@@H]2CC(c3ccc(OC)cc3)=NN2C(=O)CN2CCOCC2)cc1. The van der Waals surface area contributed by atoms with Crippen molar-refractivity contribution in [3.63, 3.8) is 0 Å². The molecule has 31 heavy (non-hydrogen) atoms. The molecule has 7 nitrogen and oxygen atoms in total. The van der Waals surface area contributed by atoms with Crippen LogP contribution in [0.5, 0.6) is 11.5 Å². The minimum Gasteiger partial charge on any atom is -0.497 e.